The predicted octanol–water partition coefficient (Wildman–Crippen LogP) is 1.98. The highest BCUT2D eigenvalue weighted by atomic mass is 32.2. The summed E-state index contributed by atoms with van der Waals surface area (Å²) in [7, 11) is -1.70. The van der Waals surface area contributed by atoms with Gasteiger partial charge in [-0.3, -0.25) is 9.78 Å². The van der Waals surface area contributed by atoms with Crippen LogP contribution in [0.4, 0.5) is 0 Å². The first kappa shape index (κ1) is 19.8. The first-order chi connectivity index (χ1) is 13.9. The van der Waals surface area contributed by atoms with Gasteiger partial charge in [-0.1, -0.05) is 18.2 Å². The largest absolute Gasteiger partial charge is 0.497 e. The summed E-state index contributed by atoms with van der Waals surface area (Å²) in [4.78, 5) is 18.9. The monoisotopic (exact) mass is 415 g/mol. The molecule has 0 N–H and O–H groups in total. The highest BCUT2D eigenvalue weighted by Crippen LogP contribution is 2.43. The van der Waals surface area contributed by atoms with Crippen LogP contribution in [-0.2, 0) is 10.0 Å². The van der Waals surface area contributed by atoms with E-state index in [1.54, 1.807) is 35.8 Å². The van der Waals surface area contributed by atoms with Crippen LogP contribution >= 0.6 is 0 Å². The third-order valence-corrected chi connectivity index (χ3v) is 7.30. The Hall–Kier alpha value is -2.45. The number of carbonyl (C=O) groups excluding carboxylic acids is 1. The van der Waals surface area contributed by atoms with Gasteiger partial charge in [0.15, 0.2) is 0 Å². The Morgan fingerprint density at radius 3 is 2.52 bits per heavy atom. The second-order valence-electron chi connectivity index (χ2n) is 7.70. The number of carbonyl (C=O) groups is 1. The summed E-state index contributed by atoms with van der Waals surface area (Å²) in [6.45, 7) is 1.48. The molecule has 154 valence electrons. The molecular weight excluding hydrogens is 390 g/mol. The van der Waals surface area contributed by atoms with E-state index in [2.05, 4.69) is 4.98 Å². The molecule has 2 fully saturated rings. The third-order valence-electron chi connectivity index (χ3n) is 6.02. The molecule has 0 bridgehead atoms. The molecular formula is C21H25N3O4S. The highest BCUT2D eigenvalue weighted by Gasteiger charge is 2.49. The second kappa shape index (κ2) is 7.76. The molecule has 1 aromatic heterocycles. The molecule has 7 nitrogen and oxygen atoms in total. The quantitative estimate of drug-likeness (QED) is 0.763. The number of aromatic nitrogens is 1. The summed E-state index contributed by atoms with van der Waals surface area (Å²) in [6, 6.07) is 13.0. The van der Waals surface area contributed by atoms with Crippen molar-refractivity contribution in [1.82, 2.24) is 14.2 Å². The van der Waals surface area contributed by atoms with Crippen LogP contribution in [0.1, 0.15) is 28.4 Å². The van der Waals surface area contributed by atoms with Gasteiger partial charge in [0.2, 0.25) is 10.0 Å². The topological polar surface area (TPSA) is 79.8 Å². The third kappa shape index (κ3) is 3.86. The van der Waals surface area contributed by atoms with Gasteiger partial charge in [0, 0.05) is 43.7 Å². The molecule has 4 rings (SSSR count). The molecule has 0 spiro atoms. The molecule has 2 saturated heterocycles. The molecule has 3 heterocycles. The van der Waals surface area contributed by atoms with Crippen molar-refractivity contribution in [2.45, 2.75) is 18.4 Å². The zero-order valence-electron chi connectivity index (χ0n) is 16.6. The number of sulfonamides is 1. The minimum atomic E-state index is -3.32. The van der Waals surface area contributed by atoms with E-state index in [4.69, 9.17) is 4.74 Å². The van der Waals surface area contributed by atoms with Gasteiger partial charge in [0.05, 0.1) is 13.4 Å². The second-order valence-corrected chi connectivity index (χ2v) is 9.63. The van der Waals surface area contributed by atoms with Gasteiger partial charge >= 0.3 is 0 Å². The maximum absolute atomic E-state index is 12.9. The van der Waals surface area contributed by atoms with E-state index >= 15 is 0 Å². The number of amides is 1. The van der Waals surface area contributed by atoms with Crippen molar-refractivity contribution >= 4 is 15.9 Å². The number of pyridine rings is 1. The summed E-state index contributed by atoms with van der Waals surface area (Å²) >= 11 is 0. The molecule has 0 aliphatic carbocycles. The summed E-state index contributed by atoms with van der Waals surface area (Å²) in [5, 5.41) is 0. The fourth-order valence-electron chi connectivity index (χ4n) is 4.61. The fraction of sp³-hybridized carbons (Fsp3) is 0.429. The smallest absolute Gasteiger partial charge is 0.272 e. The number of likely N-dealkylation sites (tertiary alicyclic amines) is 1. The zero-order valence-corrected chi connectivity index (χ0v) is 17.4. The van der Waals surface area contributed by atoms with Crippen molar-refractivity contribution in [2.75, 3.05) is 33.0 Å². The number of hydrogen-bond donors (Lipinski definition) is 0. The molecule has 2 aromatic rings. The molecule has 2 aliphatic heterocycles. The van der Waals surface area contributed by atoms with Crippen LogP contribution in [-0.4, -0.2) is 67.6 Å². The molecule has 1 amide bonds. The van der Waals surface area contributed by atoms with E-state index in [0.29, 0.717) is 31.7 Å². The van der Waals surface area contributed by atoms with Crippen molar-refractivity contribution in [1.29, 1.82) is 0 Å². The Bertz CT molecular complexity index is 979. The Morgan fingerprint density at radius 2 is 1.90 bits per heavy atom. The fourth-order valence-corrected chi connectivity index (χ4v) is 5.79. The van der Waals surface area contributed by atoms with Crippen LogP contribution in [0.2, 0.25) is 0 Å². The summed E-state index contributed by atoms with van der Waals surface area (Å²) in [6.07, 6.45) is 3.51. The van der Waals surface area contributed by atoms with Crippen LogP contribution in [0.25, 0.3) is 0 Å². The van der Waals surface area contributed by atoms with Gasteiger partial charge in [0.1, 0.15) is 11.4 Å². The van der Waals surface area contributed by atoms with Gasteiger partial charge in [-0.25, -0.2) is 8.42 Å². The average molecular weight is 416 g/mol. The first-order valence-corrected chi connectivity index (χ1v) is 11.5. The van der Waals surface area contributed by atoms with E-state index in [-0.39, 0.29) is 23.8 Å². The van der Waals surface area contributed by atoms with Crippen molar-refractivity contribution < 1.29 is 17.9 Å². The number of rotatable bonds is 4. The van der Waals surface area contributed by atoms with E-state index in [1.807, 2.05) is 29.2 Å². The minimum Gasteiger partial charge on any atom is -0.497 e. The Balaban J connectivity index is 1.62. The number of fused-ring (bicyclic) bond motifs is 1. The maximum Gasteiger partial charge on any atom is 0.272 e. The van der Waals surface area contributed by atoms with Crippen LogP contribution in [0, 0.1) is 5.92 Å². The normalized spacial score (nSPS) is 24.9. The lowest BCUT2D eigenvalue weighted by molar-refractivity contribution is 0.0625. The van der Waals surface area contributed by atoms with Gasteiger partial charge in [0.25, 0.3) is 5.91 Å². The van der Waals surface area contributed by atoms with Crippen molar-refractivity contribution in [3.05, 3.63) is 59.9 Å². The number of benzene rings is 1. The number of ether oxygens (including phenoxy) is 1. The Labute approximate surface area is 171 Å². The molecule has 0 unspecified atom stereocenters. The SMILES string of the molecule is COc1ccc([C@@H]2CN(S(C)(=O)=O)[C@H]3CCN(C(=O)c4ccccn4)C[C@@H]23)cc1. The zero-order chi connectivity index (χ0) is 20.6. The number of nitrogens with zero attached hydrogens (tertiary/aromatic N) is 3. The molecule has 8 heteroatoms. The maximum atomic E-state index is 12.9. The van der Waals surface area contributed by atoms with Crippen molar-refractivity contribution in [2.24, 2.45) is 5.92 Å². The molecule has 2 aliphatic rings. The summed E-state index contributed by atoms with van der Waals surface area (Å²) in [5.74, 6) is 0.730. The van der Waals surface area contributed by atoms with E-state index in [9.17, 15) is 13.2 Å². The highest BCUT2D eigenvalue weighted by molar-refractivity contribution is 7.88. The van der Waals surface area contributed by atoms with Gasteiger partial charge in [-0.05, 0) is 36.2 Å². The molecule has 3 atom stereocenters. The molecule has 29 heavy (non-hydrogen) atoms. The number of hydrogen-bond acceptors (Lipinski definition) is 5. The summed E-state index contributed by atoms with van der Waals surface area (Å²) in [5.41, 5.74) is 1.49. The Morgan fingerprint density at radius 1 is 1.14 bits per heavy atom. The molecule has 0 radical (unpaired) electrons. The van der Waals surface area contributed by atoms with Gasteiger partial charge in [-0.15, -0.1) is 0 Å². The van der Waals surface area contributed by atoms with Crippen LogP contribution in [0.3, 0.4) is 0 Å². The van der Waals surface area contributed by atoms with E-state index in [1.165, 1.54) is 6.26 Å². The van der Waals surface area contributed by atoms with E-state index in [0.717, 1.165) is 11.3 Å². The lowest BCUT2D eigenvalue weighted by Crippen LogP contribution is -2.49. The molecule has 1 aromatic carbocycles. The van der Waals surface area contributed by atoms with Crippen molar-refractivity contribution in [3.8, 4) is 5.75 Å². The Kier molecular flexibility index (Phi) is 5.31. The standard InChI is InChI=1S/C21H25N3O4S/c1-28-16-8-6-15(7-9-16)17-14-24(29(2,26)27)20-10-12-23(13-18(17)20)21(25)19-5-3-4-11-22-19/h3-9,11,17-18,20H,10,12-14H2,1-2H3/t17-,18-,20-/m0/s1. The van der Waals surface area contributed by atoms with Crippen LogP contribution < -0.4 is 4.74 Å². The first-order valence-electron chi connectivity index (χ1n) is 9.69. The number of piperidine rings is 1. The lowest BCUT2D eigenvalue weighted by Gasteiger charge is -2.38. The summed E-state index contributed by atoms with van der Waals surface area (Å²) < 4.78 is 31.7. The molecule has 0 saturated carbocycles. The minimum absolute atomic E-state index is 0.0277. The van der Waals surface area contributed by atoms with E-state index < -0.39 is 10.0 Å². The van der Waals surface area contributed by atoms with Crippen LogP contribution in [0.15, 0.2) is 48.7 Å². The van der Waals surface area contributed by atoms with Crippen molar-refractivity contribution in [3.63, 3.8) is 0 Å². The predicted molar refractivity (Wildman–Crippen MR) is 109 cm³/mol. The lowest BCUT2D eigenvalue weighted by atomic mass is 9.82. The average Bonchev–Trinajstić information content (AvgIpc) is 3.13. The van der Waals surface area contributed by atoms with Gasteiger partial charge in [-0.2, -0.15) is 4.31 Å². The van der Waals surface area contributed by atoms with Gasteiger partial charge < -0.3 is 9.64 Å². The van der Waals surface area contributed by atoms with Crippen LogP contribution in [0.5, 0.6) is 5.75 Å². The number of methoxy groups -OCH3 is 1.